The lowest BCUT2D eigenvalue weighted by Gasteiger charge is -2.21. The SMILES string of the molecule is O=C(O)c1c(C(=O)O)c(C(=O)NCC2CO2)c(C(=O)NCC2CO2)c(C(=O)NCC2CO2)c1C(=O)O. The van der Waals surface area contributed by atoms with Crippen LogP contribution in [-0.4, -0.2) is 109 Å². The van der Waals surface area contributed by atoms with E-state index in [1.54, 1.807) is 0 Å². The number of epoxide rings is 3. The molecule has 3 aliphatic heterocycles. The number of carbonyl (C=O) groups excluding carboxylic acids is 3. The fraction of sp³-hybridized carbons (Fsp3) is 0.429. The van der Waals surface area contributed by atoms with Gasteiger partial charge in [-0.3, -0.25) is 14.4 Å². The van der Waals surface area contributed by atoms with Crippen LogP contribution >= 0.6 is 0 Å². The van der Waals surface area contributed by atoms with Gasteiger partial charge in [0.2, 0.25) is 0 Å². The molecule has 15 nitrogen and oxygen atoms in total. The number of rotatable bonds is 12. The molecule has 4 rings (SSSR count). The van der Waals surface area contributed by atoms with Crippen molar-refractivity contribution in [3.63, 3.8) is 0 Å². The molecule has 0 aliphatic carbocycles. The minimum atomic E-state index is -2.03. The summed E-state index contributed by atoms with van der Waals surface area (Å²) in [5.74, 6) is -9.55. The molecule has 0 bridgehead atoms. The summed E-state index contributed by atoms with van der Waals surface area (Å²) in [7, 11) is 0. The van der Waals surface area contributed by atoms with Crippen molar-refractivity contribution in [1.82, 2.24) is 16.0 Å². The van der Waals surface area contributed by atoms with Gasteiger partial charge >= 0.3 is 17.9 Å². The zero-order chi connectivity index (χ0) is 26.1. The van der Waals surface area contributed by atoms with Crippen molar-refractivity contribution in [3.8, 4) is 0 Å². The largest absolute Gasteiger partial charge is 0.478 e. The fourth-order valence-corrected chi connectivity index (χ4v) is 3.52. The summed E-state index contributed by atoms with van der Waals surface area (Å²) in [6, 6.07) is 0. The summed E-state index contributed by atoms with van der Waals surface area (Å²) in [6.45, 7) is 0.670. The van der Waals surface area contributed by atoms with Crippen molar-refractivity contribution in [2.24, 2.45) is 0 Å². The number of hydrogen-bond acceptors (Lipinski definition) is 9. The van der Waals surface area contributed by atoms with Crippen LogP contribution in [0.3, 0.4) is 0 Å². The van der Waals surface area contributed by atoms with Crippen molar-refractivity contribution in [3.05, 3.63) is 33.4 Å². The summed E-state index contributed by atoms with van der Waals surface area (Å²) < 4.78 is 15.0. The summed E-state index contributed by atoms with van der Waals surface area (Å²) in [5.41, 5.74) is -6.63. The maximum Gasteiger partial charge on any atom is 0.337 e. The highest BCUT2D eigenvalue weighted by Crippen LogP contribution is 2.30. The number of amides is 3. The fourth-order valence-electron chi connectivity index (χ4n) is 3.52. The Balaban J connectivity index is 1.96. The highest BCUT2D eigenvalue weighted by Gasteiger charge is 2.41. The molecule has 1 aromatic carbocycles. The monoisotopic (exact) mass is 507 g/mol. The zero-order valence-corrected chi connectivity index (χ0v) is 18.5. The smallest absolute Gasteiger partial charge is 0.337 e. The van der Waals surface area contributed by atoms with E-state index in [1.165, 1.54) is 0 Å². The minimum absolute atomic E-state index is 0.0850. The van der Waals surface area contributed by atoms with Gasteiger partial charge in [0, 0.05) is 19.6 Å². The normalized spacial score (nSPS) is 21.2. The molecule has 0 radical (unpaired) electrons. The number of ether oxygens (including phenoxy) is 3. The van der Waals surface area contributed by atoms with E-state index in [-0.39, 0.29) is 37.9 Å². The summed E-state index contributed by atoms with van der Waals surface area (Å²) in [6.07, 6.45) is -1.10. The van der Waals surface area contributed by atoms with Crippen LogP contribution in [0.15, 0.2) is 0 Å². The Hall–Kier alpha value is -4.08. The molecule has 3 heterocycles. The van der Waals surface area contributed by atoms with Gasteiger partial charge in [0.1, 0.15) is 0 Å². The Labute approximate surface area is 201 Å². The minimum Gasteiger partial charge on any atom is -0.478 e. The lowest BCUT2D eigenvalue weighted by molar-refractivity contribution is 0.0628. The zero-order valence-electron chi connectivity index (χ0n) is 18.5. The van der Waals surface area contributed by atoms with E-state index in [0.717, 1.165) is 0 Å². The topological polar surface area (TPSA) is 237 Å². The van der Waals surface area contributed by atoms with Crippen molar-refractivity contribution < 1.29 is 58.3 Å². The number of hydrogen-bond donors (Lipinski definition) is 6. The first-order chi connectivity index (χ1) is 17.1. The number of carbonyl (C=O) groups is 6. The second kappa shape index (κ2) is 9.88. The quantitative estimate of drug-likeness (QED) is 0.171. The lowest BCUT2D eigenvalue weighted by Crippen LogP contribution is -2.39. The highest BCUT2D eigenvalue weighted by molar-refractivity contribution is 6.25. The van der Waals surface area contributed by atoms with Crippen LogP contribution in [0.2, 0.25) is 0 Å². The molecule has 3 aliphatic rings. The van der Waals surface area contributed by atoms with E-state index in [4.69, 9.17) is 14.2 Å². The molecular weight excluding hydrogens is 486 g/mol. The van der Waals surface area contributed by atoms with Gasteiger partial charge < -0.3 is 45.5 Å². The van der Waals surface area contributed by atoms with E-state index in [2.05, 4.69) is 16.0 Å². The molecule has 0 aromatic heterocycles. The molecule has 3 unspecified atom stereocenters. The predicted molar refractivity (Wildman–Crippen MR) is 114 cm³/mol. The number of aromatic carboxylic acids is 3. The number of nitrogens with one attached hydrogen (secondary N) is 3. The first-order valence-electron chi connectivity index (χ1n) is 10.7. The van der Waals surface area contributed by atoms with Gasteiger partial charge in [-0.1, -0.05) is 0 Å². The molecular formula is C21H21N3O12. The van der Waals surface area contributed by atoms with Crippen LogP contribution in [0.4, 0.5) is 0 Å². The number of carboxylic acids is 3. The van der Waals surface area contributed by atoms with Crippen LogP contribution < -0.4 is 16.0 Å². The second-order valence-corrected chi connectivity index (χ2v) is 8.16. The maximum atomic E-state index is 13.2. The van der Waals surface area contributed by atoms with Crippen LogP contribution in [0.1, 0.15) is 62.1 Å². The van der Waals surface area contributed by atoms with Gasteiger partial charge in [0.15, 0.2) is 0 Å². The molecule has 36 heavy (non-hydrogen) atoms. The van der Waals surface area contributed by atoms with E-state index < -0.39 is 69.0 Å². The Bertz CT molecular complexity index is 1100. The maximum absolute atomic E-state index is 13.2. The van der Waals surface area contributed by atoms with Gasteiger partial charge in [-0.2, -0.15) is 0 Å². The third kappa shape index (κ3) is 5.42. The average molecular weight is 507 g/mol. The van der Waals surface area contributed by atoms with Gasteiger partial charge in [-0.05, 0) is 0 Å². The lowest BCUT2D eigenvalue weighted by atomic mass is 9.84. The Kier molecular flexibility index (Phi) is 6.87. The third-order valence-corrected chi connectivity index (χ3v) is 5.50. The van der Waals surface area contributed by atoms with Crippen molar-refractivity contribution in [2.45, 2.75) is 18.3 Å². The molecule has 0 spiro atoms. The first-order valence-corrected chi connectivity index (χ1v) is 10.7. The number of benzene rings is 1. The first kappa shape index (κ1) is 25.0. The van der Waals surface area contributed by atoms with Crippen molar-refractivity contribution >= 4 is 35.6 Å². The second-order valence-electron chi connectivity index (χ2n) is 8.16. The molecule has 3 saturated heterocycles. The summed E-state index contributed by atoms with van der Waals surface area (Å²) in [5, 5.41) is 36.6. The van der Waals surface area contributed by atoms with Crippen LogP contribution in [-0.2, 0) is 14.2 Å². The van der Waals surface area contributed by atoms with E-state index in [1.807, 2.05) is 0 Å². The standard InChI is InChI=1S/C21H21N3O12/c25-16(22-1-7-4-34-7)10-11(17(26)23-2-8-5-35-8)13(19(28)29)15(21(32)33)14(20(30)31)12(10)18(27)24-3-9-6-36-9/h7-9H,1-6H2,(H,22,25)(H,23,26)(H,24,27)(H,28,29)(H,30,31)(H,32,33). The van der Waals surface area contributed by atoms with Gasteiger partial charge in [-0.15, -0.1) is 0 Å². The predicted octanol–water partition coefficient (Wildman–Crippen LogP) is -1.83. The molecule has 1 aromatic rings. The van der Waals surface area contributed by atoms with E-state index in [0.29, 0.717) is 19.8 Å². The van der Waals surface area contributed by atoms with Crippen molar-refractivity contribution in [2.75, 3.05) is 39.5 Å². The van der Waals surface area contributed by atoms with Gasteiger partial charge in [-0.25, -0.2) is 14.4 Å². The van der Waals surface area contributed by atoms with E-state index in [9.17, 15) is 44.1 Å². The van der Waals surface area contributed by atoms with Gasteiger partial charge in [0.25, 0.3) is 17.7 Å². The Morgan fingerprint density at radius 2 is 0.750 bits per heavy atom. The molecule has 3 amide bonds. The van der Waals surface area contributed by atoms with Crippen LogP contribution in [0, 0.1) is 0 Å². The summed E-state index contributed by atoms with van der Waals surface area (Å²) in [4.78, 5) is 76.1. The molecule has 192 valence electrons. The molecule has 3 atom stereocenters. The highest BCUT2D eigenvalue weighted by atomic mass is 16.6. The number of carboxylic acid groups (broad SMARTS) is 3. The molecule has 3 fully saturated rings. The Morgan fingerprint density at radius 3 is 0.972 bits per heavy atom. The molecule has 6 N–H and O–H groups in total. The summed E-state index contributed by atoms with van der Waals surface area (Å²) >= 11 is 0. The third-order valence-electron chi connectivity index (χ3n) is 5.50. The van der Waals surface area contributed by atoms with Crippen LogP contribution in [0.25, 0.3) is 0 Å². The molecule has 0 saturated carbocycles. The van der Waals surface area contributed by atoms with Gasteiger partial charge in [0.05, 0.1) is 71.5 Å². The van der Waals surface area contributed by atoms with Crippen LogP contribution in [0.5, 0.6) is 0 Å². The average Bonchev–Trinajstić information content (AvgIpc) is 3.68. The van der Waals surface area contributed by atoms with E-state index >= 15 is 0 Å². The molecule has 15 heteroatoms. The van der Waals surface area contributed by atoms with Crippen molar-refractivity contribution in [1.29, 1.82) is 0 Å². The Morgan fingerprint density at radius 1 is 0.528 bits per heavy atom.